The van der Waals surface area contributed by atoms with Gasteiger partial charge in [0.05, 0.1) is 36.2 Å². The summed E-state index contributed by atoms with van der Waals surface area (Å²) in [5.74, 6) is 0.356. The highest BCUT2D eigenvalue weighted by Crippen LogP contribution is 2.29. The van der Waals surface area contributed by atoms with Crippen molar-refractivity contribution in [2.45, 2.75) is 12.5 Å². The van der Waals surface area contributed by atoms with Gasteiger partial charge in [-0.15, -0.1) is 0 Å². The average molecular weight is 439 g/mol. The highest BCUT2D eigenvalue weighted by molar-refractivity contribution is 5.88. The van der Waals surface area contributed by atoms with Crippen LogP contribution in [0.15, 0.2) is 36.7 Å². The molecular formula is C23H27FN6O2. The minimum atomic E-state index is -0.266. The Morgan fingerprint density at radius 1 is 1.12 bits per heavy atom. The first-order valence-electron chi connectivity index (χ1n) is 11.1. The Morgan fingerprint density at radius 2 is 2.00 bits per heavy atom. The number of rotatable bonds is 5. The number of halogens is 1. The van der Waals surface area contributed by atoms with Gasteiger partial charge in [-0.1, -0.05) is 6.07 Å². The summed E-state index contributed by atoms with van der Waals surface area (Å²) in [4.78, 5) is 15.7. The van der Waals surface area contributed by atoms with Crippen LogP contribution in [0.4, 0.5) is 15.9 Å². The molecule has 8 nitrogen and oxygen atoms in total. The number of morpholine rings is 1. The zero-order valence-corrected chi connectivity index (χ0v) is 17.9. The molecule has 2 aromatic heterocycles. The van der Waals surface area contributed by atoms with E-state index in [9.17, 15) is 4.39 Å². The third-order valence-corrected chi connectivity index (χ3v) is 5.77. The lowest BCUT2D eigenvalue weighted by Crippen LogP contribution is -2.36. The van der Waals surface area contributed by atoms with Crippen molar-refractivity contribution < 1.29 is 13.9 Å². The molecule has 4 heterocycles. The molecule has 1 unspecified atom stereocenters. The molecule has 0 bridgehead atoms. The summed E-state index contributed by atoms with van der Waals surface area (Å²) in [5.41, 5.74) is 3.32. The van der Waals surface area contributed by atoms with Crippen LogP contribution in [-0.4, -0.2) is 73.6 Å². The van der Waals surface area contributed by atoms with Crippen molar-refractivity contribution in [1.29, 1.82) is 0 Å². The Bertz CT molecular complexity index is 1070. The standard InChI is InChI=1S/C23H27FN6O2/c24-18-12-16(2-3-21(18)30-7-10-31-11-8-30)19-13-20-22(27-6-5-26-20)23(29-19)28-15-17-14-25-4-1-9-32-17/h2-3,5-6,12-13,17,25H,1,4,7-11,14-15H2,(H,28,29). The fourth-order valence-corrected chi connectivity index (χ4v) is 4.08. The van der Waals surface area contributed by atoms with Gasteiger partial charge in [-0.25, -0.2) is 14.4 Å². The first-order chi connectivity index (χ1) is 15.8. The SMILES string of the molecule is Fc1cc(-c2cc3nccnc3c(NCC3CNCCCO3)n2)ccc1N1CCOCC1. The summed E-state index contributed by atoms with van der Waals surface area (Å²) in [6.45, 7) is 5.68. The van der Waals surface area contributed by atoms with Crippen molar-refractivity contribution in [3.8, 4) is 11.3 Å². The van der Waals surface area contributed by atoms with Gasteiger partial charge in [0.1, 0.15) is 11.3 Å². The van der Waals surface area contributed by atoms with Crippen LogP contribution in [0.3, 0.4) is 0 Å². The predicted molar refractivity (Wildman–Crippen MR) is 121 cm³/mol. The summed E-state index contributed by atoms with van der Waals surface area (Å²) in [6, 6.07) is 7.11. The summed E-state index contributed by atoms with van der Waals surface area (Å²) in [5, 5.41) is 6.76. The molecule has 1 aromatic carbocycles. The second kappa shape index (κ2) is 9.72. The molecular weight excluding hydrogens is 411 g/mol. The normalized spacial score (nSPS) is 19.7. The molecule has 0 spiro atoms. The van der Waals surface area contributed by atoms with Gasteiger partial charge >= 0.3 is 0 Å². The number of benzene rings is 1. The molecule has 32 heavy (non-hydrogen) atoms. The van der Waals surface area contributed by atoms with Crippen molar-refractivity contribution in [3.63, 3.8) is 0 Å². The molecule has 0 saturated carbocycles. The monoisotopic (exact) mass is 438 g/mol. The molecule has 2 aliphatic heterocycles. The van der Waals surface area contributed by atoms with Gasteiger partial charge in [-0.3, -0.25) is 4.98 Å². The van der Waals surface area contributed by atoms with Crippen LogP contribution in [0, 0.1) is 5.82 Å². The van der Waals surface area contributed by atoms with Gasteiger partial charge in [0.2, 0.25) is 0 Å². The van der Waals surface area contributed by atoms with Crippen LogP contribution < -0.4 is 15.5 Å². The van der Waals surface area contributed by atoms with Crippen molar-refractivity contribution in [2.75, 3.05) is 62.8 Å². The number of hydrogen-bond acceptors (Lipinski definition) is 8. The summed E-state index contributed by atoms with van der Waals surface area (Å²) < 4.78 is 26.2. The van der Waals surface area contributed by atoms with Crippen LogP contribution in [-0.2, 0) is 9.47 Å². The highest BCUT2D eigenvalue weighted by Gasteiger charge is 2.18. The molecule has 2 aliphatic rings. The molecule has 1 atom stereocenters. The van der Waals surface area contributed by atoms with E-state index in [1.165, 1.54) is 6.07 Å². The minimum Gasteiger partial charge on any atom is -0.378 e. The third-order valence-electron chi connectivity index (χ3n) is 5.77. The zero-order valence-electron chi connectivity index (χ0n) is 17.9. The number of aromatic nitrogens is 3. The van der Waals surface area contributed by atoms with Gasteiger partial charge < -0.3 is 25.0 Å². The maximum absolute atomic E-state index is 15.0. The number of nitrogens with zero attached hydrogens (tertiary/aromatic N) is 4. The highest BCUT2D eigenvalue weighted by atomic mass is 19.1. The number of hydrogen-bond donors (Lipinski definition) is 2. The van der Waals surface area contributed by atoms with E-state index in [1.807, 2.05) is 23.1 Å². The first-order valence-corrected chi connectivity index (χ1v) is 11.1. The van der Waals surface area contributed by atoms with E-state index in [2.05, 4.69) is 20.6 Å². The summed E-state index contributed by atoms with van der Waals surface area (Å²) in [7, 11) is 0. The number of nitrogens with one attached hydrogen (secondary N) is 2. The molecule has 5 rings (SSSR count). The number of fused-ring (bicyclic) bond motifs is 1. The maximum Gasteiger partial charge on any atom is 0.154 e. The molecule has 3 aromatic rings. The zero-order chi connectivity index (χ0) is 21.8. The molecule has 2 fully saturated rings. The smallest absolute Gasteiger partial charge is 0.154 e. The van der Waals surface area contributed by atoms with E-state index < -0.39 is 0 Å². The minimum absolute atomic E-state index is 0.0416. The molecule has 9 heteroatoms. The number of anilines is 2. The molecule has 0 radical (unpaired) electrons. The number of pyridine rings is 1. The molecule has 2 saturated heterocycles. The van der Waals surface area contributed by atoms with Crippen molar-refractivity contribution in [2.24, 2.45) is 0 Å². The fourth-order valence-electron chi connectivity index (χ4n) is 4.08. The Kier molecular flexibility index (Phi) is 6.38. The average Bonchev–Trinajstić information content (AvgIpc) is 3.12. The van der Waals surface area contributed by atoms with Crippen LogP contribution in [0.25, 0.3) is 22.3 Å². The lowest BCUT2D eigenvalue weighted by molar-refractivity contribution is 0.0761. The van der Waals surface area contributed by atoms with Crippen molar-refractivity contribution in [1.82, 2.24) is 20.3 Å². The van der Waals surface area contributed by atoms with E-state index in [1.54, 1.807) is 12.4 Å². The molecule has 2 N–H and O–H groups in total. The quantitative estimate of drug-likeness (QED) is 0.629. The van der Waals surface area contributed by atoms with Gasteiger partial charge in [0.25, 0.3) is 0 Å². The van der Waals surface area contributed by atoms with Gasteiger partial charge in [0, 0.05) is 50.7 Å². The van der Waals surface area contributed by atoms with E-state index in [-0.39, 0.29) is 11.9 Å². The number of ether oxygens (including phenoxy) is 2. The van der Waals surface area contributed by atoms with Crippen LogP contribution >= 0.6 is 0 Å². The largest absolute Gasteiger partial charge is 0.378 e. The van der Waals surface area contributed by atoms with Crippen LogP contribution in [0.5, 0.6) is 0 Å². The van der Waals surface area contributed by atoms with Crippen molar-refractivity contribution in [3.05, 3.63) is 42.5 Å². The van der Waals surface area contributed by atoms with Crippen molar-refractivity contribution >= 4 is 22.5 Å². The molecule has 168 valence electrons. The van der Waals surface area contributed by atoms with Gasteiger partial charge in [0.15, 0.2) is 5.82 Å². The lowest BCUT2D eigenvalue weighted by Gasteiger charge is -2.29. The van der Waals surface area contributed by atoms with Crippen LogP contribution in [0.2, 0.25) is 0 Å². The summed E-state index contributed by atoms with van der Waals surface area (Å²) >= 11 is 0. The molecule has 0 aliphatic carbocycles. The van der Waals surface area contributed by atoms with Gasteiger partial charge in [-0.05, 0) is 31.2 Å². The second-order valence-electron chi connectivity index (χ2n) is 7.98. The fraction of sp³-hybridized carbons (Fsp3) is 0.435. The van der Waals surface area contributed by atoms with E-state index in [0.29, 0.717) is 66.6 Å². The Balaban J connectivity index is 1.43. The maximum atomic E-state index is 15.0. The van der Waals surface area contributed by atoms with Crippen LogP contribution in [0.1, 0.15) is 6.42 Å². The predicted octanol–water partition coefficient (Wildman–Crippen LogP) is 2.46. The summed E-state index contributed by atoms with van der Waals surface area (Å²) in [6.07, 6.45) is 4.34. The Morgan fingerprint density at radius 3 is 2.88 bits per heavy atom. The van der Waals surface area contributed by atoms with E-state index >= 15 is 0 Å². The van der Waals surface area contributed by atoms with Gasteiger partial charge in [-0.2, -0.15) is 0 Å². The Labute approximate surface area is 186 Å². The molecule has 0 amide bonds. The second-order valence-corrected chi connectivity index (χ2v) is 7.98. The first kappa shape index (κ1) is 21.0. The van der Waals surface area contributed by atoms with E-state index in [4.69, 9.17) is 14.5 Å². The Hall–Kier alpha value is -2.88. The third kappa shape index (κ3) is 4.64. The topological polar surface area (TPSA) is 84.4 Å². The lowest BCUT2D eigenvalue weighted by atomic mass is 10.1. The van der Waals surface area contributed by atoms with E-state index in [0.717, 1.165) is 26.1 Å².